The first-order valence-electron chi connectivity index (χ1n) is 8.10. The average molecular weight is 347 g/mol. The molecule has 0 aliphatic heterocycles. The van der Waals surface area contributed by atoms with Crippen molar-refractivity contribution in [3.8, 4) is 0 Å². The summed E-state index contributed by atoms with van der Waals surface area (Å²) in [6.07, 6.45) is 0. The highest BCUT2D eigenvalue weighted by atomic mass is 32.2. The fraction of sp³-hybridized carbons (Fsp3) is 0.150. The summed E-state index contributed by atoms with van der Waals surface area (Å²) in [5, 5.41) is 10.3. The molecule has 0 aliphatic carbocycles. The Bertz CT molecular complexity index is 1070. The Morgan fingerprint density at radius 1 is 1.04 bits per heavy atom. The van der Waals surface area contributed by atoms with Gasteiger partial charge in [0.15, 0.2) is 10.8 Å². The summed E-state index contributed by atoms with van der Waals surface area (Å²) in [6, 6.07) is 20.0. The SMILES string of the molecule is CC(=O)[C@H](Sc1nnc2cc(C)c3ccccc3n12)c1ccccc1. The molecule has 2 heterocycles. The molecule has 124 valence electrons. The summed E-state index contributed by atoms with van der Waals surface area (Å²) in [5.41, 5.74) is 4.00. The van der Waals surface area contributed by atoms with Gasteiger partial charge in [-0.1, -0.05) is 60.3 Å². The van der Waals surface area contributed by atoms with Crippen molar-refractivity contribution >= 4 is 34.1 Å². The van der Waals surface area contributed by atoms with Gasteiger partial charge in [-0.25, -0.2) is 0 Å². The van der Waals surface area contributed by atoms with Crippen molar-refractivity contribution in [1.82, 2.24) is 14.6 Å². The van der Waals surface area contributed by atoms with E-state index in [0.717, 1.165) is 27.3 Å². The third-order valence-corrected chi connectivity index (χ3v) is 5.58. The minimum Gasteiger partial charge on any atom is -0.298 e. The molecule has 4 aromatic rings. The van der Waals surface area contributed by atoms with Crippen LogP contribution in [0.15, 0.2) is 65.8 Å². The van der Waals surface area contributed by atoms with Gasteiger partial charge >= 0.3 is 0 Å². The number of ketones is 1. The lowest BCUT2D eigenvalue weighted by atomic mass is 10.1. The zero-order valence-electron chi connectivity index (χ0n) is 14.0. The number of hydrogen-bond donors (Lipinski definition) is 0. The Morgan fingerprint density at radius 3 is 2.52 bits per heavy atom. The number of benzene rings is 2. The fourth-order valence-electron chi connectivity index (χ4n) is 3.07. The average Bonchev–Trinajstić information content (AvgIpc) is 3.03. The zero-order chi connectivity index (χ0) is 17.4. The van der Waals surface area contributed by atoms with E-state index in [9.17, 15) is 4.79 Å². The third kappa shape index (κ3) is 2.81. The molecule has 0 saturated carbocycles. The predicted molar refractivity (Wildman–Crippen MR) is 101 cm³/mol. The van der Waals surface area contributed by atoms with Gasteiger partial charge in [0.1, 0.15) is 5.78 Å². The minimum absolute atomic E-state index is 0.101. The number of pyridine rings is 1. The number of aryl methyl sites for hydroxylation is 1. The molecule has 0 bridgehead atoms. The van der Waals surface area contributed by atoms with Crippen LogP contribution in [0.3, 0.4) is 0 Å². The van der Waals surface area contributed by atoms with Crippen LogP contribution in [0.5, 0.6) is 0 Å². The number of hydrogen-bond acceptors (Lipinski definition) is 4. The van der Waals surface area contributed by atoms with Crippen LogP contribution in [0.4, 0.5) is 0 Å². The summed E-state index contributed by atoms with van der Waals surface area (Å²) < 4.78 is 2.03. The van der Waals surface area contributed by atoms with E-state index in [-0.39, 0.29) is 11.0 Å². The van der Waals surface area contributed by atoms with Gasteiger partial charge in [-0.3, -0.25) is 9.20 Å². The Kier molecular flexibility index (Phi) is 4.01. The third-order valence-electron chi connectivity index (χ3n) is 4.27. The van der Waals surface area contributed by atoms with Crippen molar-refractivity contribution < 1.29 is 4.79 Å². The molecule has 0 radical (unpaired) electrons. The maximum atomic E-state index is 12.2. The van der Waals surface area contributed by atoms with Crippen molar-refractivity contribution in [1.29, 1.82) is 0 Å². The lowest BCUT2D eigenvalue weighted by molar-refractivity contribution is -0.116. The maximum Gasteiger partial charge on any atom is 0.197 e. The topological polar surface area (TPSA) is 47.3 Å². The number of para-hydroxylation sites is 1. The molecule has 25 heavy (non-hydrogen) atoms. The van der Waals surface area contributed by atoms with E-state index in [1.165, 1.54) is 17.3 Å². The van der Waals surface area contributed by atoms with Gasteiger partial charge in [0.2, 0.25) is 0 Å². The highest BCUT2D eigenvalue weighted by Crippen LogP contribution is 2.36. The molecule has 5 heteroatoms. The van der Waals surface area contributed by atoms with E-state index >= 15 is 0 Å². The number of carbonyl (C=O) groups excluding carboxylic acids is 1. The minimum atomic E-state index is -0.298. The van der Waals surface area contributed by atoms with E-state index in [0.29, 0.717) is 0 Å². The molecular formula is C20H17N3OS. The molecule has 1 atom stereocenters. The first kappa shape index (κ1) is 15.8. The molecular weight excluding hydrogens is 330 g/mol. The second-order valence-corrected chi connectivity index (χ2v) is 7.11. The van der Waals surface area contributed by atoms with Gasteiger partial charge in [-0.05, 0) is 37.1 Å². The van der Waals surface area contributed by atoms with Crippen molar-refractivity contribution in [3.05, 3.63) is 71.8 Å². The Balaban J connectivity index is 1.87. The van der Waals surface area contributed by atoms with E-state index in [1.54, 1.807) is 6.92 Å². The largest absolute Gasteiger partial charge is 0.298 e. The van der Waals surface area contributed by atoms with Crippen LogP contribution in [-0.4, -0.2) is 20.4 Å². The summed E-state index contributed by atoms with van der Waals surface area (Å²) in [5.74, 6) is 0.101. The van der Waals surface area contributed by atoms with Crippen molar-refractivity contribution in [2.75, 3.05) is 0 Å². The molecule has 0 fully saturated rings. The number of aromatic nitrogens is 3. The first-order valence-corrected chi connectivity index (χ1v) is 8.98. The smallest absolute Gasteiger partial charge is 0.197 e. The van der Waals surface area contributed by atoms with Gasteiger partial charge in [-0.15, -0.1) is 10.2 Å². The van der Waals surface area contributed by atoms with Gasteiger partial charge < -0.3 is 0 Å². The van der Waals surface area contributed by atoms with Crippen LogP contribution in [-0.2, 0) is 4.79 Å². The van der Waals surface area contributed by atoms with Gasteiger partial charge in [0, 0.05) is 5.39 Å². The summed E-state index contributed by atoms with van der Waals surface area (Å²) in [7, 11) is 0. The standard InChI is InChI=1S/C20H17N3OS/c1-13-12-18-21-22-20(23(18)17-11-7-6-10-16(13)17)25-19(14(2)24)15-8-4-3-5-9-15/h3-12,19H,1-2H3/t19-/m0/s1. The number of Topliss-reactive ketones (excluding diaryl/α,β-unsaturated/α-hetero) is 1. The van der Waals surface area contributed by atoms with Crippen molar-refractivity contribution in [2.24, 2.45) is 0 Å². The predicted octanol–water partition coefficient (Wildman–Crippen LogP) is 4.61. The molecule has 0 aliphatic rings. The van der Waals surface area contributed by atoms with Crippen LogP contribution in [0.1, 0.15) is 23.3 Å². The van der Waals surface area contributed by atoms with Crippen LogP contribution < -0.4 is 0 Å². The zero-order valence-corrected chi connectivity index (χ0v) is 14.8. The lowest BCUT2D eigenvalue weighted by Crippen LogP contribution is -2.06. The molecule has 0 N–H and O–H groups in total. The molecule has 0 unspecified atom stereocenters. The summed E-state index contributed by atoms with van der Waals surface area (Å²) in [4.78, 5) is 12.2. The second-order valence-electron chi connectivity index (χ2n) is 6.04. The maximum absolute atomic E-state index is 12.2. The molecule has 0 amide bonds. The van der Waals surface area contributed by atoms with Crippen molar-refractivity contribution in [3.63, 3.8) is 0 Å². The lowest BCUT2D eigenvalue weighted by Gasteiger charge is -2.13. The molecule has 2 aromatic carbocycles. The van der Waals surface area contributed by atoms with E-state index in [2.05, 4.69) is 29.3 Å². The monoisotopic (exact) mass is 347 g/mol. The number of rotatable bonds is 4. The van der Waals surface area contributed by atoms with Gasteiger partial charge in [0.25, 0.3) is 0 Å². The Hall–Kier alpha value is -2.66. The summed E-state index contributed by atoms with van der Waals surface area (Å²) in [6.45, 7) is 3.70. The first-order chi connectivity index (χ1) is 12.1. The molecule has 4 rings (SSSR count). The highest BCUT2D eigenvalue weighted by molar-refractivity contribution is 8.00. The number of carbonyl (C=O) groups is 1. The highest BCUT2D eigenvalue weighted by Gasteiger charge is 2.22. The van der Waals surface area contributed by atoms with Crippen molar-refractivity contribution in [2.45, 2.75) is 24.3 Å². The van der Waals surface area contributed by atoms with E-state index in [1.807, 2.05) is 52.9 Å². The molecule has 2 aromatic heterocycles. The van der Waals surface area contributed by atoms with Crippen LogP contribution in [0.25, 0.3) is 16.6 Å². The Labute approximate surface area is 149 Å². The van der Waals surface area contributed by atoms with E-state index in [4.69, 9.17) is 0 Å². The number of fused-ring (bicyclic) bond motifs is 3. The van der Waals surface area contributed by atoms with Crippen LogP contribution >= 0.6 is 11.8 Å². The summed E-state index contributed by atoms with van der Waals surface area (Å²) >= 11 is 1.45. The van der Waals surface area contributed by atoms with Crippen LogP contribution in [0.2, 0.25) is 0 Å². The molecule has 0 spiro atoms. The number of nitrogens with zero attached hydrogens (tertiary/aromatic N) is 3. The molecule has 0 saturated heterocycles. The quantitative estimate of drug-likeness (QED) is 0.506. The molecule has 4 nitrogen and oxygen atoms in total. The van der Waals surface area contributed by atoms with Gasteiger partial charge in [-0.2, -0.15) is 0 Å². The van der Waals surface area contributed by atoms with Crippen LogP contribution in [0, 0.1) is 6.92 Å². The Morgan fingerprint density at radius 2 is 1.76 bits per heavy atom. The fourth-order valence-corrected chi connectivity index (χ4v) is 4.13. The van der Waals surface area contributed by atoms with E-state index < -0.39 is 0 Å². The normalized spacial score (nSPS) is 12.6. The number of thioether (sulfide) groups is 1. The van der Waals surface area contributed by atoms with Gasteiger partial charge in [0.05, 0.1) is 10.8 Å². The second kappa shape index (κ2) is 6.33.